The predicted molar refractivity (Wildman–Crippen MR) is 308 cm³/mol. The Balaban J connectivity index is 0.000000210. The zero-order valence-corrected chi connectivity index (χ0v) is 47.5. The largest absolute Gasteiger partial charge is 0.497 e. The van der Waals surface area contributed by atoms with Gasteiger partial charge in [-0.05, 0) is 154 Å². The number of carbonyl (C=O) groups excluding carboxylic acids is 2. The normalized spacial score (nSPS) is 13.7. The number of aryl methyl sites for hydroxylation is 4. The van der Waals surface area contributed by atoms with Crippen molar-refractivity contribution in [2.45, 2.75) is 50.3 Å². The molecule has 2 aromatic heterocycles. The molecule has 0 atom stereocenters. The van der Waals surface area contributed by atoms with Crippen LogP contribution < -0.4 is 45.0 Å². The van der Waals surface area contributed by atoms with E-state index in [-0.39, 0.29) is 34.6 Å². The van der Waals surface area contributed by atoms with Crippen LogP contribution in [0.15, 0.2) is 132 Å². The minimum Gasteiger partial charge on any atom is -0.497 e. The molecular weight excluding hydrogens is 1040 g/mol. The fourth-order valence-corrected chi connectivity index (χ4v) is 12.3. The van der Waals surface area contributed by atoms with Gasteiger partial charge >= 0.3 is 0 Å². The maximum Gasteiger partial charge on any atom is 0.261 e. The summed E-state index contributed by atoms with van der Waals surface area (Å²) in [7, 11) is 4.29. The van der Waals surface area contributed by atoms with Gasteiger partial charge in [-0.2, -0.15) is 0 Å². The Morgan fingerprint density at radius 2 is 0.870 bits per heavy atom. The monoisotopic (exact) mass is 1110 g/mol. The highest BCUT2D eigenvalue weighted by Crippen LogP contribution is 2.30. The van der Waals surface area contributed by atoms with E-state index in [0.717, 1.165) is 63.7 Å². The summed E-state index contributed by atoms with van der Waals surface area (Å²) in [6, 6.07) is 30.7. The first-order valence-corrected chi connectivity index (χ1v) is 29.0. The van der Waals surface area contributed by atoms with Gasteiger partial charge in [-0.25, -0.2) is 21.1 Å². The number of amides is 2. The van der Waals surface area contributed by atoms with E-state index in [1.807, 2.05) is 80.4 Å². The summed E-state index contributed by atoms with van der Waals surface area (Å²) in [6.45, 7) is 15.2. The number of hydrogen-bond donors (Lipinski definition) is 3. The number of anilines is 6. The van der Waals surface area contributed by atoms with Gasteiger partial charge in [0.2, 0.25) is 21.8 Å². The average Bonchev–Trinajstić information content (AvgIpc) is 3.42. The third-order valence-corrected chi connectivity index (χ3v) is 16.9. The van der Waals surface area contributed by atoms with Crippen LogP contribution in [-0.4, -0.2) is 137 Å². The Kier molecular flexibility index (Phi) is 21.5. The molecule has 2 fully saturated rings. The lowest BCUT2D eigenvalue weighted by molar-refractivity contribution is -0.117. The summed E-state index contributed by atoms with van der Waals surface area (Å²) in [5.74, 6) is 1.03. The standard InChI is InChI=1S/C28H35N5O4S.C19H25N5O.C9H11ClO3S/c1-21-19-26(37-4)20-22(2)28(21)38(35,36)31(3)14-11-27(34)30-23-5-7-24(8-6-23)32-15-17-33(18-16-32)25-9-12-29-13-10-25;1-20-9-8-19(25)22-16-2-4-17(5-3-16)23-12-14-24(15-13-23)18-6-10-21-11-7-18;1-6-4-8(13-3)5-7(2)9(6)14(10,11)12/h5-10,12-13,19-20H,11,14-18H2,1-4H3,(H,30,34);2-7,10-11,20H,8-9,12-15H2,1H3,(H,22,25);4-5H,1-3H3. The van der Waals surface area contributed by atoms with Gasteiger partial charge < -0.3 is 45.0 Å². The number of aromatic nitrogens is 2. The van der Waals surface area contributed by atoms with Gasteiger partial charge in [-0.1, -0.05) is 0 Å². The molecule has 0 radical (unpaired) electrons. The van der Waals surface area contributed by atoms with Crippen LogP contribution >= 0.6 is 10.7 Å². The molecular formula is C56H71ClN10O8S2. The number of methoxy groups -OCH3 is 2. The van der Waals surface area contributed by atoms with Crippen molar-refractivity contribution in [1.82, 2.24) is 19.6 Å². The molecule has 4 heterocycles. The second kappa shape index (κ2) is 27.9. The molecule has 0 aliphatic carbocycles. The van der Waals surface area contributed by atoms with E-state index in [2.05, 4.69) is 69.8 Å². The highest BCUT2D eigenvalue weighted by Gasteiger charge is 2.26. The first-order chi connectivity index (χ1) is 36.8. The van der Waals surface area contributed by atoms with Crippen LogP contribution in [0.5, 0.6) is 11.5 Å². The van der Waals surface area contributed by atoms with E-state index in [9.17, 15) is 26.4 Å². The zero-order valence-electron chi connectivity index (χ0n) is 45.1. The number of halogens is 1. The average molecular weight is 1110 g/mol. The predicted octanol–water partition coefficient (Wildman–Crippen LogP) is 7.88. The van der Waals surface area contributed by atoms with Gasteiger partial charge in [0.1, 0.15) is 11.5 Å². The van der Waals surface area contributed by atoms with Crippen LogP contribution in [0.3, 0.4) is 0 Å². The van der Waals surface area contributed by atoms with E-state index in [1.165, 1.54) is 35.5 Å². The number of rotatable bonds is 17. The molecule has 2 aliphatic rings. The van der Waals surface area contributed by atoms with Gasteiger partial charge in [0.15, 0.2) is 0 Å². The highest BCUT2D eigenvalue weighted by molar-refractivity contribution is 8.13. The van der Waals surface area contributed by atoms with Crippen molar-refractivity contribution in [2.75, 3.05) is 124 Å². The van der Waals surface area contributed by atoms with Crippen LogP contribution in [0.1, 0.15) is 35.1 Å². The molecule has 412 valence electrons. The summed E-state index contributed by atoms with van der Waals surface area (Å²) < 4.78 is 60.2. The molecule has 0 bridgehead atoms. The van der Waals surface area contributed by atoms with Crippen molar-refractivity contribution >= 4 is 75.7 Å². The fraction of sp³-hybridized carbons (Fsp3) is 0.357. The number of nitrogens with zero attached hydrogens (tertiary/aromatic N) is 7. The van der Waals surface area contributed by atoms with Gasteiger partial charge in [0.25, 0.3) is 9.05 Å². The van der Waals surface area contributed by atoms with Gasteiger partial charge in [-0.15, -0.1) is 0 Å². The third kappa shape index (κ3) is 16.8. The number of piperazine rings is 2. The molecule has 0 unspecified atom stereocenters. The zero-order chi connectivity index (χ0) is 55.7. The summed E-state index contributed by atoms with van der Waals surface area (Å²) >= 11 is 0. The van der Waals surface area contributed by atoms with Gasteiger partial charge in [0, 0.05) is 155 Å². The Bertz CT molecular complexity index is 3060. The molecule has 21 heteroatoms. The molecule has 4 aromatic carbocycles. The van der Waals surface area contributed by atoms with E-state index in [1.54, 1.807) is 59.1 Å². The van der Waals surface area contributed by atoms with Crippen LogP contribution in [-0.2, 0) is 28.7 Å². The van der Waals surface area contributed by atoms with Crippen molar-refractivity contribution in [1.29, 1.82) is 0 Å². The number of ether oxygens (including phenoxy) is 2. The Labute approximate surface area is 458 Å². The Hall–Kier alpha value is -6.97. The van der Waals surface area contributed by atoms with Gasteiger partial charge in [0.05, 0.1) is 24.0 Å². The molecule has 0 spiro atoms. The molecule has 77 heavy (non-hydrogen) atoms. The number of hydrogen-bond acceptors (Lipinski definition) is 15. The van der Waals surface area contributed by atoms with E-state index < -0.39 is 19.1 Å². The maximum absolute atomic E-state index is 13.2. The maximum atomic E-state index is 13.2. The van der Waals surface area contributed by atoms with Crippen molar-refractivity contribution in [2.24, 2.45) is 0 Å². The minimum absolute atomic E-state index is 0.0352. The van der Waals surface area contributed by atoms with Crippen LogP contribution in [0.25, 0.3) is 0 Å². The molecule has 3 N–H and O–H groups in total. The van der Waals surface area contributed by atoms with Gasteiger partial charge in [-0.3, -0.25) is 19.6 Å². The van der Waals surface area contributed by atoms with E-state index in [4.69, 9.17) is 20.2 Å². The minimum atomic E-state index is -3.75. The summed E-state index contributed by atoms with van der Waals surface area (Å²) in [6.07, 6.45) is 7.83. The fourth-order valence-electron chi connectivity index (χ4n) is 9.14. The second-order valence-electron chi connectivity index (χ2n) is 18.6. The molecule has 2 aliphatic heterocycles. The second-order valence-corrected chi connectivity index (χ2v) is 23.1. The number of carbonyl (C=O) groups is 2. The lowest BCUT2D eigenvalue weighted by Gasteiger charge is -2.37. The topological polar surface area (TPSA) is 199 Å². The number of sulfonamides is 1. The van der Waals surface area contributed by atoms with Crippen molar-refractivity contribution in [3.8, 4) is 11.5 Å². The number of pyridine rings is 2. The number of nitrogens with one attached hydrogen (secondary N) is 3. The Morgan fingerprint density at radius 1 is 0.545 bits per heavy atom. The first kappa shape index (κ1) is 59.3. The lowest BCUT2D eigenvalue weighted by Crippen LogP contribution is -2.46. The SMILES string of the molecule is CNCCC(=O)Nc1ccc(N2CCN(c3ccncc3)CC2)cc1.COc1cc(C)c(S(=O)(=O)Cl)c(C)c1.COc1cc(C)c(S(=O)(=O)N(C)CCC(=O)Nc2ccc(N3CCN(c4ccncc4)CC3)cc2)c(C)c1. The van der Waals surface area contributed by atoms with Crippen LogP contribution in [0.4, 0.5) is 34.1 Å². The van der Waals surface area contributed by atoms with E-state index >= 15 is 0 Å². The summed E-state index contributed by atoms with van der Waals surface area (Å²) in [5, 5.41) is 8.78. The van der Waals surface area contributed by atoms with Crippen molar-refractivity contribution < 1.29 is 35.9 Å². The highest BCUT2D eigenvalue weighted by atomic mass is 35.7. The molecule has 8 rings (SSSR count). The molecule has 0 saturated carbocycles. The summed E-state index contributed by atoms with van der Waals surface area (Å²) in [5.41, 5.74) is 8.65. The molecule has 2 amide bonds. The van der Waals surface area contributed by atoms with Crippen LogP contribution in [0, 0.1) is 27.7 Å². The lowest BCUT2D eigenvalue weighted by atomic mass is 10.1. The third-order valence-electron chi connectivity index (χ3n) is 13.2. The van der Waals surface area contributed by atoms with Crippen molar-refractivity contribution in [3.05, 3.63) is 144 Å². The molecule has 6 aromatic rings. The quantitative estimate of drug-likeness (QED) is 0.0745. The summed E-state index contributed by atoms with van der Waals surface area (Å²) in [4.78, 5) is 42.4. The van der Waals surface area contributed by atoms with Crippen LogP contribution in [0.2, 0.25) is 0 Å². The molecule has 18 nitrogen and oxygen atoms in total. The number of benzene rings is 4. The van der Waals surface area contributed by atoms with Crippen molar-refractivity contribution in [3.63, 3.8) is 0 Å². The Morgan fingerprint density at radius 3 is 1.19 bits per heavy atom. The smallest absolute Gasteiger partial charge is 0.261 e. The van der Waals surface area contributed by atoms with E-state index in [0.29, 0.717) is 52.4 Å². The first-order valence-electron chi connectivity index (χ1n) is 25.3. The molecule has 2 saturated heterocycles.